The predicted octanol–water partition coefficient (Wildman–Crippen LogP) is 3.18. The minimum atomic E-state index is -0.548. The molecular formula is C17H14FN5O3. The predicted molar refractivity (Wildman–Crippen MR) is 91.8 cm³/mol. The SMILES string of the molecule is Cc1ccc(F)cc1NC(=O)c1nnn(-c2cccc([N+](=O)[O-])c2)c1C. The zero-order chi connectivity index (χ0) is 18.8. The van der Waals surface area contributed by atoms with Crippen molar-refractivity contribution in [3.63, 3.8) is 0 Å². The van der Waals surface area contributed by atoms with E-state index in [1.165, 1.54) is 35.0 Å². The molecule has 0 aliphatic heterocycles. The molecule has 0 fully saturated rings. The molecule has 3 aromatic rings. The lowest BCUT2D eigenvalue weighted by atomic mass is 10.2. The Morgan fingerprint density at radius 3 is 2.73 bits per heavy atom. The molecule has 0 aliphatic carbocycles. The Morgan fingerprint density at radius 1 is 1.23 bits per heavy atom. The lowest BCUT2D eigenvalue weighted by molar-refractivity contribution is -0.384. The van der Waals surface area contributed by atoms with E-state index in [2.05, 4.69) is 15.6 Å². The van der Waals surface area contributed by atoms with Crippen molar-refractivity contribution in [3.05, 3.63) is 75.3 Å². The van der Waals surface area contributed by atoms with Crippen molar-refractivity contribution in [2.75, 3.05) is 5.32 Å². The average molecular weight is 355 g/mol. The van der Waals surface area contributed by atoms with Crippen molar-refractivity contribution in [1.82, 2.24) is 15.0 Å². The monoisotopic (exact) mass is 355 g/mol. The molecule has 0 atom stereocenters. The molecule has 0 unspecified atom stereocenters. The Kier molecular flexibility index (Phi) is 4.44. The molecule has 9 heteroatoms. The zero-order valence-electron chi connectivity index (χ0n) is 13.9. The highest BCUT2D eigenvalue weighted by atomic mass is 19.1. The van der Waals surface area contributed by atoms with Crippen LogP contribution in [0.5, 0.6) is 0 Å². The number of nitro groups is 1. The fourth-order valence-corrected chi connectivity index (χ4v) is 2.43. The second-order valence-electron chi connectivity index (χ2n) is 5.63. The van der Waals surface area contributed by atoms with Gasteiger partial charge < -0.3 is 5.32 Å². The molecule has 1 N–H and O–H groups in total. The molecule has 0 aliphatic rings. The lowest BCUT2D eigenvalue weighted by Gasteiger charge is -2.08. The first-order chi connectivity index (χ1) is 12.4. The summed E-state index contributed by atoms with van der Waals surface area (Å²) >= 11 is 0. The van der Waals surface area contributed by atoms with E-state index < -0.39 is 16.6 Å². The second-order valence-corrected chi connectivity index (χ2v) is 5.63. The van der Waals surface area contributed by atoms with E-state index in [9.17, 15) is 19.3 Å². The smallest absolute Gasteiger partial charge is 0.278 e. The summed E-state index contributed by atoms with van der Waals surface area (Å²) in [6, 6.07) is 9.90. The first kappa shape index (κ1) is 17.2. The molecule has 0 saturated carbocycles. The number of aryl methyl sites for hydroxylation is 1. The van der Waals surface area contributed by atoms with Crippen LogP contribution in [-0.2, 0) is 0 Å². The molecule has 2 aromatic carbocycles. The van der Waals surface area contributed by atoms with Crippen molar-refractivity contribution in [3.8, 4) is 5.69 Å². The Balaban J connectivity index is 1.91. The van der Waals surface area contributed by atoms with Gasteiger partial charge in [-0.1, -0.05) is 17.3 Å². The molecule has 0 bridgehead atoms. The van der Waals surface area contributed by atoms with Crippen LogP contribution < -0.4 is 5.32 Å². The first-order valence-corrected chi connectivity index (χ1v) is 7.61. The number of anilines is 1. The molecule has 132 valence electrons. The number of hydrogen-bond acceptors (Lipinski definition) is 5. The Hall–Kier alpha value is -3.62. The normalized spacial score (nSPS) is 10.6. The van der Waals surface area contributed by atoms with E-state index in [1.807, 2.05) is 0 Å². The van der Waals surface area contributed by atoms with Crippen LogP contribution in [-0.4, -0.2) is 25.8 Å². The van der Waals surface area contributed by atoms with Crippen LogP contribution in [0.25, 0.3) is 5.69 Å². The van der Waals surface area contributed by atoms with Gasteiger partial charge >= 0.3 is 0 Å². The topological polar surface area (TPSA) is 103 Å². The van der Waals surface area contributed by atoms with Crippen LogP contribution in [0, 0.1) is 29.8 Å². The largest absolute Gasteiger partial charge is 0.320 e. The van der Waals surface area contributed by atoms with Crippen molar-refractivity contribution >= 4 is 17.3 Å². The van der Waals surface area contributed by atoms with Gasteiger partial charge in [0.25, 0.3) is 11.6 Å². The molecule has 0 radical (unpaired) electrons. The Bertz CT molecular complexity index is 1020. The fraction of sp³-hybridized carbons (Fsp3) is 0.118. The lowest BCUT2D eigenvalue weighted by Crippen LogP contribution is -2.15. The van der Waals surface area contributed by atoms with E-state index in [-0.39, 0.29) is 11.4 Å². The third kappa shape index (κ3) is 3.27. The highest BCUT2D eigenvalue weighted by molar-refractivity contribution is 6.04. The van der Waals surface area contributed by atoms with E-state index >= 15 is 0 Å². The number of hydrogen-bond donors (Lipinski definition) is 1. The number of rotatable bonds is 4. The number of halogens is 1. The molecular weight excluding hydrogens is 341 g/mol. The van der Waals surface area contributed by atoms with E-state index in [1.54, 1.807) is 26.0 Å². The van der Waals surface area contributed by atoms with E-state index in [0.29, 0.717) is 22.6 Å². The zero-order valence-corrected chi connectivity index (χ0v) is 13.9. The number of benzene rings is 2. The van der Waals surface area contributed by atoms with Gasteiger partial charge in [-0.25, -0.2) is 9.07 Å². The summed E-state index contributed by atoms with van der Waals surface area (Å²) in [5, 5.41) is 21.3. The van der Waals surface area contributed by atoms with Gasteiger partial charge in [-0.2, -0.15) is 0 Å². The number of nitrogens with one attached hydrogen (secondary N) is 1. The highest BCUT2D eigenvalue weighted by Gasteiger charge is 2.19. The maximum atomic E-state index is 13.4. The Labute approximate surface area is 147 Å². The molecule has 1 heterocycles. The molecule has 8 nitrogen and oxygen atoms in total. The summed E-state index contributed by atoms with van der Waals surface area (Å²) in [5.41, 5.74) is 1.78. The van der Waals surface area contributed by atoms with Crippen LogP contribution in [0.3, 0.4) is 0 Å². The fourth-order valence-electron chi connectivity index (χ4n) is 2.43. The summed E-state index contributed by atoms with van der Waals surface area (Å²) in [6.45, 7) is 3.36. The quantitative estimate of drug-likeness (QED) is 0.572. The number of amides is 1. The third-order valence-corrected chi connectivity index (χ3v) is 3.84. The van der Waals surface area contributed by atoms with Crippen LogP contribution in [0.15, 0.2) is 42.5 Å². The average Bonchev–Trinajstić information content (AvgIpc) is 3.00. The number of nitrogens with zero attached hydrogens (tertiary/aromatic N) is 4. The van der Waals surface area contributed by atoms with E-state index in [0.717, 1.165) is 0 Å². The molecule has 0 saturated heterocycles. The minimum absolute atomic E-state index is 0.0418. The minimum Gasteiger partial charge on any atom is -0.320 e. The first-order valence-electron chi connectivity index (χ1n) is 7.61. The summed E-state index contributed by atoms with van der Waals surface area (Å²) in [6.07, 6.45) is 0. The number of carbonyl (C=O) groups is 1. The molecule has 1 aromatic heterocycles. The van der Waals surface area contributed by atoms with Crippen molar-refractivity contribution in [1.29, 1.82) is 0 Å². The third-order valence-electron chi connectivity index (χ3n) is 3.84. The van der Waals surface area contributed by atoms with Gasteiger partial charge in [0.1, 0.15) is 5.82 Å². The summed E-state index contributed by atoms with van der Waals surface area (Å²) in [4.78, 5) is 22.9. The molecule has 26 heavy (non-hydrogen) atoms. The van der Waals surface area contributed by atoms with Crippen LogP contribution >= 0.6 is 0 Å². The summed E-state index contributed by atoms with van der Waals surface area (Å²) in [5.74, 6) is -1.02. The molecule has 1 amide bonds. The summed E-state index contributed by atoms with van der Waals surface area (Å²) < 4.78 is 14.7. The second kappa shape index (κ2) is 6.71. The molecule has 0 spiro atoms. The van der Waals surface area contributed by atoms with Gasteiger partial charge in [0.2, 0.25) is 0 Å². The highest BCUT2D eigenvalue weighted by Crippen LogP contribution is 2.20. The standard InChI is InChI=1S/C17H14FN5O3/c1-10-6-7-12(18)8-15(10)19-17(24)16-11(2)22(21-20-16)13-4-3-5-14(9-13)23(25)26/h3-9H,1-2H3,(H,19,24). The van der Waals surface area contributed by atoms with Crippen LogP contribution in [0.1, 0.15) is 21.7 Å². The summed E-state index contributed by atoms with van der Waals surface area (Å²) in [7, 11) is 0. The van der Waals surface area contributed by atoms with Crippen molar-refractivity contribution in [2.45, 2.75) is 13.8 Å². The van der Waals surface area contributed by atoms with Gasteiger partial charge in [-0.05, 0) is 37.6 Å². The van der Waals surface area contributed by atoms with Gasteiger partial charge in [0.15, 0.2) is 5.69 Å². The number of nitro benzene ring substituents is 1. The van der Waals surface area contributed by atoms with Crippen LogP contribution in [0.2, 0.25) is 0 Å². The Morgan fingerprint density at radius 2 is 2.00 bits per heavy atom. The van der Waals surface area contributed by atoms with Crippen LogP contribution in [0.4, 0.5) is 15.8 Å². The number of aromatic nitrogens is 3. The molecule has 3 rings (SSSR count). The number of non-ortho nitro benzene ring substituents is 1. The number of carbonyl (C=O) groups excluding carboxylic acids is 1. The van der Waals surface area contributed by atoms with Gasteiger partial charge in [-0.15, -0.1) is 5.10 Å². The van der Waals surface area contributed by atoms with Crippen molar-refractivity contribution in [2.24, 2.45) is 0 Å². The van der Waals surface area contributed by atoms with Gasteiger partial charge in [0, 0.05) is 17.8 Å². The maximum Gasteiger partial charge on any atom is 0.278 e. The van der Waals surface area contributed by atoms with Gasteiger partial charge in [0.05, 0.1) is 16.3 Å². The van der Waals surface area contributed by atoms with Gasteiger partial charge in [-0.3, -0.25) is 14.9 Å². The van der Waals surface area contributed by atoms with E-state index in [4.69, 9.17) is 0 Å². The maximum absolute atomic E-state index is 13.4. The van der Waals surface area contributed by atoms with Crippen molar-refractivity contribution < 1.29 is 14.1 Å².